The molecule has 0 spiro atoms. The van der Waals surface area contributed by atoms with Crippen molar-refractivity contribution in [2.45, 2.75) is 33.4 Å². The number of nitrogens with zero attached hydrogens (tertiary/aromatic N) is 3. The number of pyridine rings is 1. The molecule has 0 unspecified atom stereocenters. The van der Waals surface area contributed by atoms with Gasteiger partial charge in [-0.1, -0.05) is 54.6 Å². The van der Waals surface area contributed by atoms with Crippen LogP contribution in [0, 0.1) is 13.8 Å². The minimum Gasteiger partial charge on any atom is -0.354 e. The minimum absolute atomic E-state index is 0.154. The second-order valence-electron chi connectivity index (χ2n) is 8.53. The summed E-state index contributed by atoms with van der Waals surface area (Å²) < 4.78 is 2.36. The molecule has 1 amide bonds. The zero-order valence-corrected chi connectivity index (χ0v) is 18.9. The summed E-state index contributed by atoms with van der Waals surface area (Å²) in [5, 5.41) is 3.84. The van der Waals surface area contributed by atoms with Crippen LogP contribution in [-0.4, -0.2) is 29.1 Å². The van der Waals surface area contributed by atoms with Crippen molar-refractivity contribution in [3.63, 3.8) is 0 Å². The van der Waals surface area contributed by atoms with E-state index in [0.717, 1.165) is 42.8 Å². The molecule has 0 saturated heterocycles. The largest absolute Gasteiger partial charge is 0.354 e. The van der Waals surface area contributed by atoms with E-state index in [1.807, 2.05) is 12.1 Å². The average molecular weight is 425 g/mol. The Balaban J connectivity index is 1.71. The van der Waals surface area contributed by atoms with E-state index in [0.29, 0.717) is 5.69 Å². The Labute approximate surface area is 188 Å². The van der Waals surface area contributed by atoms with Crippen LogP contribution in [0.5, 0.6) is 0 Å². The molecule has 0 radical (unpaired) electrons. The summed E-state index contributed by atoms with van der Waals surface area (Å²) in [5.74, 6) is 0.737. The lowest BCUT2D eigenvalue weighted by Crippen LogP contribution is -2.32. The van der Waals surface area contributed by atoms with Crippen molar-refractivity contribution in [1.82, 2.24) is 14.9 Å². The van der Waals surface area contributed by atoms with E-state index in [9.17, 15) is 4.79 Å². The maximum atomic E-state index is 12.6. The summed E-state index contributed by atoms with van der Waals surface area (Å²) >= 11 is 0. The molecule has 32 heavy (non-hydrogen) atoms. The van der Waals surface area contributed by atoms with Crippen LogP contribution in [0.2, 0.25) is 0 Å². The second-order valence-corrected chi connectivity index (χ2v) is 8.53. The van der Waals surface area contributed by atoms with Crippen LogP contribution >= 0.6 is 0 Å². The maximum Gasteiger partial charge on any atom is 0.269 e. The van der Waals surface area contributed by atoms with Gasteiger partial charge in [0, 0.05) is 37.8 Å². The van der Waals surface area contributed by atoms with Gasteiger partial charge in [-0.15, -0.1) is 0 Å². The highest BCUT2D eigenvalue weighted by molar-refractivity contribution is 6.01. The third kappa shape index (κ3) is 3.44. The van der Waals surface area contributed by atoms with Gasteiger partial charge in [-0.2, -0.15) is 0 Å². The zero-order valence-electron chi connectivity index (χ0n) is 18.9. The highest BCUT2D eigenvalue weighted by Gasteiger charge is 2.25. The molecule has 0 fully saturated rings. The highest BCUT2D eigenvalue weighted by atomic mass is 16.1. The monoisotopic (exact) mass is 424 g/mol. The van der Waals surface area contributed by atoms with Gasteiger partial charge >= 0.3 is 0 Å². The molecule has 2 aromatic heterocycles. The minimum atomic E-state index is -0.154. The van der Waals surface area contributed by atoms with E-state index in [1.54, 1.807) is 7.05 Å². The summed E-state index contributed by atoms with van der Waals surface area (Å²) in [6, 6.07) is 21.1. The number of carbonyl (C=O) groups is 1. The van der Waals surface area contributed by atoms with Crippen LogP contribution in [0.15, 0.2) is 60.7 Å². The number of aryl methyl sites for hydroxylation is 1. The van der Waals surface area contributed by atoms with Gasteiger partial charge in [0.15, 0.2) is 5.82 Å². The van der Waals surface area contributed by atoms with Crippen molar-refractivity contribution in [1.29, 1.82) is 0 Å². The number of hydrogen-bond donors (Lipinski definition) is 1. The fourth-order valence-corrected chi connectivity index (χ4v) is 4.75. The highest BCUT2D eigenvalue weighted by Crippen LogP contribution is 2.35. The van der Waals surface area contributed by atoms with Crippen molar-refractivity contribution in [2.75, 3.05) is 18.5 Å². The van der Waals surface area contributed by atoms with Gasteiger partial charge in [0.05, 0.1) is 5.52 Å². The van der Waals surface area contributed by atoms with Crippen LogP contribution < -0.4 is 10.2 Å². The molecule has 2 aromatic carbocycles. The number of aromatic nitrogens is 2. The van der Waals surface area contributed by atoms with Gasteiger partial charge in [-0.25, -0.2) is 4.98 Å². The van der Waals surface area contributed by atoms with Crippen molar-refractivity contribution in [3.05, 3.63) is 94.3 Å². The van der Waals surface area contributed by atoms with Gasteiger partial charge < -0.3 is 14.8 Å². The van der Waals surface area contributed by atoms with Gasteiger partial charge in [0.25, 0.3) is 5.91 Å². The quantitative estimate of drug-likeness (QED) is 0.520. The number of amides is 1. The molecular weight excluding hydrogens is 396 g/mol. The molecule has 1 N–H and O–H groups in total. The molecule has 5 rings (SSSR count). The van der Waals surface area contributed by atoms with Crippen LogP contribution in [-0.2, 0) is 19.5 Å². The van der Waals surface area contributed by atoms with Crippen molar-refractivity contribution >= 4 is 22.6 Å². The van der Waals surface area contributed by atoms with Crippen molar-refractivity contribution < 1.29 is 4.79 Å². The summed E-state index contributed by atoms with van der Waals surface area (Å²) in [5.41, 5.74) is 7.95. The first kappa shape index (κ1) is 20.3. The lowest BCUT2D eigenvalue weighted by Gasteiger charge is -2.31. The molecule has 5 heteroatoms. The summed E-state index contributed by atoms with van der Waals surface area (Å²) in [6.07, 6.45) is 0.973. The Morgan fingerprint density at radius 2 is 1.75 bits per heavy atom. The van der Waals surface area contributed by atoms with Crippen LogP contribution in [0.4, 0.5) is 5.82 Å². The summed E-state index contributed by atoms with van der Waals surface area (Å²) in [6.45, 7) is 6.75. The van der Waals surface area contributed by atoms with Gasteiger partial charge in [0.2, 0.25) is 0 Å². The number of carbonyl (C=O) groups excluding carboxylic acids is 1. The molecule has 0 aliphatic carbocycles. The van der Waals surface area contributed by atoms with E-state index in [2.05, 4.69) is 77.2 Å². The van der Waals surface area contributed by atoms with E-state index in [1.165, 1.54) is 27.9 Å². The Morgan fingerprint density at radius 1 is 1.03 bits per heavy atom. The number of rotatable bonds is 4. The fourth-order valence-electron chi connectivity index (χ4n) is 4.75. The van der Waals surface area contributed by atoms with Crippen LogP contribution in [0.1, 0.15) is 38.4 Å². The number of benzene rings is 2. The lowest BCUT2D eigenvalue weighted by molar-refractivity contribution is 0.0958. The molecule has 3 heterocycles. The van der Waals surface area contributed by atoms with Crippen LogP contribution in [0.3, 0.4) is 0 Å². The average Bonchev–Trinajstić information content (AvgIpc) is 3.08. The number of fused-ring (bicyclic) bond motifs is 2. The molecule has 162 valence electrons. The smallest absolute Gasteiger partial charge is 0.269 e. The van der Waals surface area contributed by atoms with E-state index >= 15 is 0 Å². The summed E-state index contributed by atoms with van der Waals surface area (Å²) in [7, 11) is 1.66. The predicted octanol–water partition coefficient (Wildman–Crippen LogP) is 4.62. The maximum absolute atomic E-state index is 12.6. The SMILES string of the molecule is CNC(=O)c1cc2c(C)c(C)n(Cc3ccccc3)c2c(N2CCc3ccccc3C2)n1. The molecule has 0 bridgehead atoms. The van der Waals surface area contributed by atoms with Gasteiger partial charge in [0.1, 0.15) is 5.69 Å². The molecule has 0 saturated carbocycles. The molecule has 1 aliphatic rings. The first-order valence-corrected chi connectivity index (χ1v) is 11.1. The van der Waals surface area contributed by atoms with E-state index < -0.39 is 0 Å². The standard InChI is InChI=1S/C27H28N4O/c1-18-19(2)31(16-20-9-5-4-6-10-20)25-23(18)15-24(27(32)28-3)29-26(25)30-14-13-21-11-7-8-12-22(21)17-30/h4-12,15H,13-14,16-17H2,1-3H3,(H,28,32). The fraction of sp³-hybridized carbons (Fsp3) is 0.259. The van der Waals surface area contributed by atoms with Crippen molar-refractivity contribution in [3.8, 4) is 0 Å². The Kier molecular flexibility index (Phi) is 5.17. The van der Waals surface area contributed by atoms with E-state index in [4.69, 9.17) is 4.98 Å². The normalized spacial score (nSPS) is 13.3. The van der Waals surface area contributed by atoms with Crippen molar-refractivity contribution in [2.24, 2.45) is 0 Å². The Bertz CT molecular complexity index is 1310. The number of hydrogen-bond acceptors (Lipinski definition) is 3. The van der Waals surface area contributed by atoms with E-state index in [-0.39, 0.29) is 5.91 Å². The number of nitrogens with one attached hydrogen (secondary N) is 1. The number of anilines is 1. The third-order valence-electron chi connectivity index (χ3n) is 6.67. The van der Waals surface area contributed by atoms with Gasteiger partial charge in [-0.3, -0.25) is 4.79 Å². The lowest BCUT2D eigenvalue weighted by atomic mass is 10.00. The molecular formula is C27H28N4O. The molecule has 1 aliphatic heterocycles. The first-order valence-electron chi connectivity index (χ1n) is 11.1. The zero-order chi connectivity index (χ0) is 22.2. The van der Waals surface area contributed by atoms with Crippen LogP contribution in [0.25, 0.3) is 10.9 Å². The molecule has 0 atom stereocenters. The third-order valence-corrected chi connectivity index (χ3v) is 6.67. The predicted molar refractivity (Wildman–Crippen MR) is 129 cm³/mol. The molecule has 4 aromatic rings. The second kappa shape index (κ2) is 8.15. The van der Waals surface area contributed by atoms with Gasteiger partial charge in [-0.05, 0) is 48.6 Å². The Morgan fingerprint density at radius 3 is 2.50 bits per heavy atom. The summed E-state index contributed by atoms with van der Waals surface area (Å²) in [4.78, 5) is 19.8. The molecule has 5 nitrogen and oxygen atoms in total. The first-order chi connectivity index (χ1) is 15.6. The topological polar surface area (TPSA) is 50.2 Å². The Hall–Kier alpha value is -3.60.